The molecule has 0 saturated heterocycles. The molecule has 0 spiro atoms. The van der Waals surface area contributed by atoms with Crippen LogP contribution in [-0.4, -0.2) is 29.9 Å². The van der Waals surface area contributed by atoms with Gasteiger partial charge in [0.05, 0.1) is 19.9 Å². The molecular formula is C20H20N2O3S. The summed E-state index contributed by atoms with van der Waals surface area (Å²) in [5.74, 6) is 2.44. The molecule has 3 rings (SSSR count). The maximum atomic E-state index is 12.0. The number of aryl methyl sites for hydroxylation is 1. The molecule has 0 atom stereocenters. The number of thioether (sulfide) groups is 1. The van der Waals surface area contributed by atoms with Crippen molar-refractivity contribution in [3.8, 4) is 22.8 Å². The molecule has 0 aliphatic rings. The number of ether oxygens (including phenoxy) is 2. The minimum absolute atomic E-state index is 0.155. The van der Waals surface area contributed by atoms with Crippen molar-refractivity contribution < 1.29 is 9.47 Å². The maximum Gasteiger partial charge on any atom is 0.252 e. The zero-order valence-electron chi connectivity index (χ0n) is 14.7. The van der Waals surface area contributed by atoms with Gasteiger partial charge in [0, 0.05) is 17.4 Å². The minimum atomic E-state index is -0.155. The van der Waals surface area contributed by atoms with Crippen LogP contribution in [0.4, 0.5) is 0 Å². The number of nitrogens with one attached hydrogen (secondary N) is 1. The normalized spacial score (nSPS) is 10.5. The highest BCUT2D eigenvalue weighted by molar-refractivity contribution is 7.99. The first kappa shape index (κ1) is 18.1. The second-order valence-electron chi connectivity index (χ2n) is 5.61. The number of hydrogen-bond donors (Lipinski definition) is 1. The van der Waals surface area contributed by atoms with E-state index in [1.54, 1.807) is 14.2 Å². The molecule has 0 saturated carbocycles. The molecule has 0 radical (unpaired) electrons. The van der Waals surface area contributed by atoms with E-state index < -0.39 is 0 Å². The smallest absolute Gasteiger partial charge is 0.252 e. The molecule has 1 aromatic heterocycles. The molecule has 0 fully saturated rings. The van der Waals surface area contributed by atoms with E-state index >= 15 is 0 Å². The SMILES string of the molecule is COc1ccc(CCSc2nc(-c3ccc(OC)cc3)cc(=O)[nH]2)cc1. The lowest BCUT2D eigenvalue weighted by Gasteiger charge is -2.06. The Morgan fingerprint density at radius 3 is 2.19 bits per heavy atom. The van der Waals surface area contributed by atoms with Crippen molar-refractivity contribution in [3.05, 3.63) is 70.5 Å². The molecule has 1 heterocycles. The van der Waals surface area contributed by atoms with Gasteiger partial charge in [-0.1, -0.05) is 23.9 Å². The zero-order chi connectivity index (χ0) is 18.4. The third-order valence-electron chi connectivity index (χ3n) is 3.89. The highest BCUT2D eigenvalue weighted by Gasteiger charge is 2.06. The van der Waals surface area contributed by atoms with E-state index in [-0.39, 0.29) is 5.56 Å². The summed E-state index contributed by atoms with van der Waals surface area (Å²) in [6, 6.07) is 17.0. The Balaban J connectivity index is 1.67. The molecule has 6 heteroatoms. The maximum absolute atomic E-state index is 12.0. The minimum Gasteiger partial charge on any atom is -0.497 e. The van der Waals surface area contributed by atoms with Gasteiger partial charge in [0.2, 0.25) is 0 Å². The monoisotopic (exact) mass is 368 g/mol. The molecule has 5 nitrogen and oxygen atoms in total. The van der Waals surface area contributed by atoms with Gasteiger partial charge in [0.25, 0.3) is 5.56 Å². The van der Waals surface area contributed by atoms with Gasteiger partial charge >= 0.3 is 0 Å². The number of aromatic amines is 1. The molecular weight excluding hydrogens is 348 g/mol. The summed E-state index contributed by atoms with van der Waals surface area (Å²) < 4.78 is 10.3. The number of hydrogen-bond acceptors (Lipinski definition) is 5. The third kappa shape index (κ3) is 4.67. The van der Waals surface area contributed by atoms with E-state index in [1.807, 2.05) is 48.5 Å². The second kappa shape index (κ2) is 8.58. The van der Waals surface area contributed by atoms with Crippen LogP contribution in [0.2, 0.25) is 0 Å². The van der Waals surface area contributed by atoms with Crippen LogP contribution < -0.4 is 15.0 Å². The van der Waals surface area contributed by atoms with Crippen molar-refractivity contribution >= 4 is 11.8 Å². The fraction of sp³-hybridized carbons (Fsp3) is 0.200. The Labute approximate surface area is 156 Å². The number of methoxy groups -OCH3 is 2. The van der Waals surface area contributed by atoms with E-state index in [0.717, 1.165) is 29.2 Å². The zero-order valence-corrected chi connectivity index (χ0v) is 15.5. The van der Waals surface area contributed by atoms with Crippen molar-refractivity contribution in [1.29, 1.82) is 0 Å². The highest BCUT2D eigenvalue weighted by atomic mass is 32.2. The molecule has 3 aromatic rings. The van der Waals surface area contributed by atoms with Gasteiger partial charge in [-0.05, 0) is 48.4 Å². The predicted molar refractivity (Wildman–Crippen MR) is 104 cm³/mol. The van der Waals surface area contributed by atoms with Gasteiger partial charge < -0.3 is 14.5 Å². The molecule has 1 N–H and O–H groups in total. The summed E-state index contributed by atoms with van der Waals surface area (Å²) >= 11 is 1.53. The fourth-order valence-corrected chi connectivity index (χ4v) is 3.34. The number of benzene rings is 2. The largest absolute Gasteiger partial charge is 0.497 e. The fourth-order valence-electron chi connectivity index (χ4n) is 2.47. The molecule has 0 aliphatic heterocycles. The molecule has 0 unspecified atom stereocenters. The van der Waals surface area contributed by atoms with Crippen LogP contribution in [0.5, 0.6) is 11.5 Å². The van der Waals surface area contributed by atoms with E-state index in [2.05, 4.69) is 9.97 Å². The summed E-state index contributed by atoms with van der Waals surface area (Å²) in [5.41, 5.74) is 2.60. The summed E-state index contributed by atoms with van der Waals surface area (Å²) in [5, 5.41) is 0.622. The van der Waals surface area contributed by atoms with Crippen LogP contribution in [0.25, 0.3) is 11.3 Å². The average Bonchev–Trinajstić information content (AvgIpc) is 2.68. The lowest BCUT2D eigenvalue weighted by atomic mass is 10.1. The Kier molecular flexibility index (Phi) is 5.96. The number of nitrogens with zero attached hydrogens (tertiary/aromatic N) is 1. The predicted octanol–water partition coefficient (Wildman–Crippen LogP) is 3.79. The molecule has 26 heavy (non-hydrogen) atoms. The van der Waals surface area contributed by atoms with E-state index in [1.165, 1.54) is 23.4 Å². The van der Waals surface area contributed by atoms with Crippen molar-refractivity contribution in [1.82, 2.24) is 9.97 Å². The summed E-state index contributed by atoms with van der Waals surface area (Å²) in [4.78, 5) is 19.3. The van der Waals surface area contributed by atoms with Crippen LogP contribution in [0.15, 0.2) is 64.5 Å². The summed E-state index contributed by atoms with van der Waals surface area (Å²) in [6.45, 7) is 0. The van der Waals surface area contributed by atoms with E-state index in [4.69, 9.17) is 9.47 Å². The van der Waals surface area contributed by atoms with Gasteiger partial charge in [-0.25, -0.2) is 4.98 Å². The van der Waals surface area contributed by atoms with Gasteiger partial charge in [0.1, 0.15) is 11.5 Å². The number of rotatable bonds is 7. The van der Waals surface area contributed by atoms with Gasteiger partial charge in [0.15, 0.2) is 5.16 Å². The van der Waals surface area contributed by atoms with Gasteiger partial charge in [-0.2, -0.15) is 0 Å². The van der Waals surface area contributed by atoms with E-state index in [9.17, 15) is 4.79 Å². The van der Waals surface area contributed by atoms with Crippen molar-refractivity contribution in [2.45, 2.75) is 11.6 Å². The summed E-state index contributed by atoms with van der Waals surface area (Å²) in [6.07, 6.45) is 0.880. The standard InChI is InChI=1S/C20H20N2O3S/c1-24-16-7-3-14(4-8-16)11-12-26-20-21-18(13-19(23)22-20)15-5-9-17(25-2)10-6-15/h3-10,13H,11-12H2,1-2H3,(H,21,22,23). The van der Waals surface area contributed by atoms with Crippen molar-refractivity contribution in [3.63, 3.8) is 0 Å². The van der Waals surface area contributed by atoms with Crippen molar-refractivity contribution in [2.24, 2.45) is 0 Å². The quantitative estimate of drug-likeness (QED) is 0.508. The van der Waals surface area contributed by atoms with Crippen LogP contribution in [0.3, 0.4) is 0 Å². The molecule has 0 amide bonds. The Hall–Kier alpha value is -2.73. The molecule has 0 aliphatic carbocycles. The lowest BCUT2D eigenvalue weighted by Crippen LogP contribution is -2.08. The van der Waals surface area contributed by atoms with Crippen LogP contribution in [-0.2, 0) is 6.42 Å². The van der Waals surface area contributed by atoms with Gasteiger partial charge in [-0.3, -0.25) is 4.79 Å². The Morgan fingerprint density at radius 2 is 1.58 bits per heavy atom. The molecule has 0 bridgehead atoms. The Bertz CT molecular complexity index is 906. The first-order chi connectivity index (χ1) is 12.7. The second-order valence-corrected chi connectivity index (χ2v) is 6.69. The topological polar surface area (TPSA) is 64.2 Å². The Morgan fingerprint density at radius 1 is 0.962 bits per heavy atom. The third-order valence-corrected chi connectivity index (χ3v) is 4.77. The lowest BCUT2D eigenvalue weighted by molar-refractivity contribution is 0.414. The summed E-state index contributed by atoms with van der Waals surface area (Å²) in [7, 11) is 3.28. The number of aromatic nitrogens is 2. The van der Waals surface area contributed by atoms with Gasteiger partial charge in [-0.15, -0.1) is 0 Å². The van der Waals surface area contributed by atoms with Crippen LogP contribution in [0.1, 0.15) is 5.56 Å². The molecule has 134 valence electrons. The number of H-pyrrole nitrogens is 1. The first-order valence-electron chi connectivity index (χ1n) is 8.19. The molecule has 2 aromatic carbocycles. The van der Waals surface area contributed by atoms with Crippen LogP contribution in [0, 0.1) is 0 Å². The van der Waals surface area contributed by atoms with Crippen LogP contribution >= 0.6 is 11.8 Å². The first-order valence-corrected chi connectivity index (χ1v) is 9.18. The van der Waals surface area contributed by atoms with Crippen molar-refractivity contribution in [2.75, 3.05) is 20.0 Å². The highest BCUT2D eigenvalue weighted by Crippen LogP contribution is 2.22. The van der Waals surface area contributed by atoms with E-state index in [0.29, 0.717) is 10.9 Å². The average molecular weight is 368 g/mol.